The van der Waals surface area contributed by atoms with Gasteiger partial charge in [0, 0.05) is 53.9 Å². The lowest BCUT2D eigenvalue weighted by atomic mass is 9.93. The van der Waals surface area contributed by atoms with Crippen LogP contribution >= 0.6 is 23.1 Å². The third kappa shape index (κ3) is 6.64. The van der Waals surface area contributed by atoms with E-state index in [4.69, 9.17) is 0 Å². The summed E-state index contributed by atoms with van der Waals surface area (Å²) in [5.74, 6) is 0.380. The fourth-order valence-electron chi connectivity index (χ4n) is 3.88. The molecule has 0 saturated carbocycles. The first-order chi connectivity index (χ1) is 16.7. The quantitative estimate of drug-likeness (QED) is 0.449. The Morgan fingerprint density at radius 2 is 1.77 bits per heavy atom. The average Bonchev–Trinajstić information content (AvgIpc) is 3.33. The largest absolute Gasteiger partial charge is 0.368 e. The predicted molar refractivity (Wildman–Crippen MR) is 146 cm³/mol. The molecule has 1 aliphatic heterocycles. The number of rotatable bonds is 6. The molecule has 184 valence electrons. The van der Waals surface area contributed by atoms with Gasteiger partial charge in [0.05, 0.1) is 11.4 Å². The van der Waals surface area contributed by atoms with Crippen LogP contribution in [0.3, 0.4) is 0 Å². The SMILES string of the molecule is Cc1cccc(C(=O)N2CCN(c3ccc(NC(=O)CSc4nc(C(C)(C)C)cs4)cc3)CC2)c1. The van der Waals surface area contributed by atoms with Gasteiger partial charge in [0.15, 0.2) is 4.34 Å². The summed E-state index contributed by atoms with van der Waals surface area (Å²) in [4.78, 5) is 34.0. The minimum absolute atomic E-state index is 0.0164. The number of benzene rings is 2. The van der Waals surface area contributed by atoms with E-state index in [0.717, 1.165) is 45.6 Å². The van der Waals surface area contributed by atoms with Crippen LogP contribution in [0, 0.1) is 6.92 Å². The highest BCUT2D eigenvalue weighted by atomic mass is 32.2. The van der Waals surface area contributed by atoms with E-state index in [1.165, 1.54) is 11.8 Å². The molecule has 1 saturated heterocycles. The minimum atomic E-state index is -0.0430. The van der Waals surface area contributed by atoms with Crippen molar-refractivity contribution in [3.8, 4) is 0 Å². The summed E-state index contributed by atoms with van der Waals surface area (Å²) in [6.45, 7) is 11.4. The molecule has 1 N–H and O–H groups in total. The van der Waals surface area contributed by atoms with Crippen LogP contribution in [0.25, 0.3) is 0 Å². The maximum absolute atomic E-state index is 12.8. The number of thiazole rings is 1. The van der Waals surface area contributed by atoms with Gasteiger partial charge in [-0.25, -0.2) is 4.98 Å². The Balaban J connectivity index is 1.25. The van der Waals surface area contributed by atoms with E-state index in [2.05, 4.69) is 41.4 Å². The van der Waals surface area contributed by atoms with Gasteiger partial charge >= 0.3 is 0 Å². The van der Waals surface area contributed by atoms with E-state index in [1.807, 2.05) is 60.4 Å². The fourth-order valence-corrected chi connectivity index (χ4v) is 5.73. The number of hydrogen-bond donors (Lipinski definition) is 1. The van der Waals surface area contributed by atoms with Gasteiger partial charge in [-0.2, -0.15) is 0 Å². The number of carbonyl (C=O) groups excluding carboxylic acids is 2. The maximum Gasteiger partial charge on any atom is 0.253 e. The Morgan fingerprint density at radius 3 is 2.40 bits per heavy atom. The van der Waals surface area contributed by atoms with Crippen molar-refractivity contribution in [2.45, 2.75) is 37.4 Å². The van der Waals surface area contributed by atoms with Crippen molar-refractivity contribution in [2.75, 3.05) is 42.1 Å². The number of nitrogens with one attached hydrogen (secondary N) is 1. The zero-order valence-electron chi connectivity index (χ0n) is 20.7. The van der Waals surface area contributed by atoms with Crippen LogP contribution in [0.4, 0.5) is 11.4 Å². The molecule has 0 radical (unpaired) electrons. The summed E-state index contributed by atoms with van der Waals surface area (Å²) in [5.41, 5.74) is 4.79. The molecule has 2 heterocycles. The van der Waals surface area contributed by atoms with Crippen LogP contribution in [0.15, 0.2) is 58.3 Å². The molecular weight excluding hydrogens is 476 g/mol. The average molecular weight is 509 g/mol. The van der Waals surface area contributed by atoms with Crippen LogP contribution in [-0.4, -0.2) is 53.6 Å². The Kier molecular flexibility index (Phi) is 7.82. The van der Waals surface area contributed by atoms with Gasteiger partial charge < -0.3 is 15.1 Å². The number of anilines is 2. The summed E-state index contributed by atoms with van der Waals surface area (Å²) in [6.07, 6.45) is 0. The smallest absolute Gasteiger partial charge is 0.253 e. The summed E-state index contributed by atoms with van der Waals surface area (Å²) in [5, 5.41) is 5.04. The van der Waals surface area contributed by atoms with Crippen molar-refractivity contribution >= 4 is 46.3 Å². The molecule has 0 atom stereocenters. The predicted octanol–water partition coefficient (Wildman–Crippen LogP) is 5.44. The second-order valence-corrected chi connectivity index (χ2v) is 11.9. The van der Waals surface area contributed by atoms with Gasteiger partial charge in [0.25, 0.3) is 5.91 Å². The van der Waals surface area contributed by atoms with Crippen molar-refractivity contribution in [2.24, 2.45) is 0 Å². The lowest BCUT2D eigenvalue weighted by Crippen LogP contribution is -2.48. The van der Waals surface area contributed by atoms with Crippen molar-refractivity contribution in [3.63, 3.8) is 0 Å². The molecule has 0 unspecified atom stereocenters. The lowest BCUT2D eigenvalue weighted by Gasteiger charge is -2.36. The first kappa shape index (κ1) is 25.3. The van der Waals surface area contributed by atoms with Gasteiger partial charge in [-0.05, 0) is 43.3 Å². The molecule has 0 aliphatic carbocycles. The number of thioether (sulfide) groups is 1. The lowest BCUT2D eigenvalue weighted by molar-refractivity contribution is -0.113. The first-order valence-electron chi connectivity index (χ1n) is 11.8. The van der Waals surface area contributed by atoms with Crippen LogP contribution in [0.5, 0.6) is 0 Å². The Morgan fingerprint density at radius 1 is 1.06 bits per heavy atom. The second kappa shape index (κ2) is 10.8. The van der Waals surface area contributed by atoms with E-state index in [9.17, 15) is 9.59 Å². The number of carbonyl (C=O) groups is 2. The zero-order chi connectivity index (χ0) is 25.0. The Bertz CT molecular complexity index is 1180. The minimum Gasteiger partial charge on any atom is -0.368 e. The fraction of sp³-hybridized carbons (Fsp3) is 0.370. The molecule has 0 bridgehead atoms. The molecular formula is C27H32N4O2S2. The van der Waals surface area contributed by atoms with Gasteiger partial charge in [0.2, 0.25) is 5.91 Å². The van der Waals surface area contributed by atoms with E-state index >= 15 is 0 Å². The summed E-state index contributed by atoms with van der Waals surface area (Å²) in [6, 6.07) is 15.7. The monoisotopic (exact) mass is 508 g/mol. The maximum atomic E-state index is 12.8. The highest BCUT2D eigenvalue weighted by Gasteiger charge is 2.22. The van der Waals surface area contributed by atoms with Crippen LogP contribution in [0.2, 0.25) is 0 Å². The van der Waals surface area contributed by atoms with Crippen LogP contribution in [-0.2, 0) is 10.2 Å². The van der Waals surface area contributed by atoms with Gasteiger partial charge in [0.1, 0.15) is 0 Å². The van der Waals surface area contributed by atoms with E-state index < -0.39 is 0 Å². The van der Waals surface area contributed by atoms with Crippen molar-refractivity contribution in [3.05, 3.63) is 70.7 Å². The zero-order valence-corrected chi connectivity index (χ0v) is 22.3. The highest BCUT2D eigenvalue weighted by molar-refractivity contribution is 8.01. The molecule has 0 spiro atoms. The topological polar surface area (TPSA) is 65.5 Å². The van der Waals surface area contributed by atoms with E-state index in [1.54, 1.807) is 11.3 Å². The molecule has 3 aromatic rings. The Hall–Kier alpha value is -2.84. The molecule has 1 aromatic heterocycles. The summed E-state index contributed by atoms with van der Waals surface area (Å²) in [7, 11) is 0. The standard InChI is InChI=1S/C27H32N4O2S2/c1-19-6-5-7-20(16-19)25(33)31-14-12-30(13-15-31)22-10-8-21(9-11-22)28-24(32)18-35-26-29-23(17-34-26)27(2,3)4/h5-11,16-17H,12-15,18H2,1-4H3,(H,28,32). The summed E-state index contributed by atoms with van der Waals surface area (Å²) >= 11 is 3.05. The Labute approximate surface area is 215 Å². The normalized spacial score (nSPS) is 14.2. The van der Waals surface area contributed by atoms with E-state index in [-0.39, 0.29) is 17.2 Å². The van der Waals surface area contributed by atoms with Crippen LogP contribution in [0.1, 0.15) is 42.4 Å². The summed E-state index contributed by atoms with van der Waals surface area (Å²) < 4.78 is 0.917. The molecule has 1 aliphatic rings. The van der Waals surface area contributed by atoms with Gasteiger partial charge in [-0.15, -0.1) is 11.3 Å². The van der Waals surface area contributed by atoms with Gasteiger partial charge in [-0.1, -0.05) is 50.2 Å². The van der Waals surface area contributed by atoms with Crippen molar-refractivity contribution in [1.82, 2.24) is 9.88 Å². The molecule has 2 aromatic carbocycles. The number of piperazine rings is 1. The highest BCUT2D eigenvalue weighted by Crippen LogP contribution is 2.29. The van der Waals surface area contributed by atoms with Crippen LogP contribution < -0.4 is 10.2 Å². The molecule has 2 amide bonds. The molecule has 6 nitrogen and oxygen atoms in total. The number of amides is 2. The third-order valence-electron chi connectivity index (χ3n) is 5.93. The first-order valence-corrected chi connectivity index (χ1v) is 13.7. The second-order valence-electron chi connectivity index (χ2n) is 9.78. The number of hydrogen-bond acceptors (Lipinski definition) is 6. The number of aryl methyl sites for hydroxylation is 1. The van der Waals surface area contributed by atoms with Crippen molar-refractivity contribution in [1.29, 1.82) is 0 Å². The number of nitrogens with zero attached hydrogens (tertiary/aromatic N) is 3. The van der Waals surface area contributed by atoms with Gasteiger partial charge in [-0.3, -0.25) is 9.59 Å². The molecule has 1 fully saturated rings. The molecule has 35 heavy (non-hydrogen) atoms. The molecule has 4 rings (SSSR count). The van der Waals surface area contributed by atoms with E-state index in [0.29, 0.717) is 18.8 Å². The number of aromatic nitrogens is 1. The third-order valence-corrected chi connectivity index (χ3v) is 7.95. The van der Waals surface area contributed by atoms with Crippen molar-refractivity contribution < 1.29 is 9.59 Å². The molecule has 8 heteroatoms.